The molecule has 1 rings (SSSR count). The Morgan fingerprint density at radius 2 is 2.07 bits per heavy atom. The molecule has 0 fully saturated rings. The Labute approximate surface area is 93.9 Å². The van der Waals surface area contributed by atoms with Gasteiger partial charge in [-0.15, -0.1) is 0 Å². The summed E-state index contributed by atoms with van der Waals surface area (Å²) in [5, 5.41) is 5.06. The van der Waals surface area contributed by atoms with Crippen LogP contribution in [-0.2, 0) is 0 Å². The number of nitrogens with zero attached hydrogens (tertiary/aromatic N) is 2. The fourth-order valence-corrected chi connectivity index (χ4v) is 1.59. The first-order valence-electron chi connectivity index (χ1n) is 4.30. The SMILES string of the molecule is Cc1nc(Cl)c(C=S)c(NC(C)C)n1. The molecule has 1 aromatic heterocycles. The van der Waals surface area contributed by atoms with Crippen LogP contribution in [0.5, 0.6) is 0 Å². The second-order valence-corrected chi connectivity index (χ2v) is 3.83. The predicted octanol–water partition coefficient (Wildman–Crippen LogP) is 2.61. The van der Waals surface area contributed by atoms with E-state index in [-0.39, 0.29) is 6.04 Å². The molecule has 1 aromatic rings. The average Bonchev–Trinajstić information content (AvgIpc) is 2.01. The monoisotopic (exact) mass is 229 g/mol. The molecule has 0 amide bonds. The minimum atomic E-state index is 0.286. The molecule has 0 aliphatic rings. The molecule has 0 saturated heterocycles. The molecule has 0 bridgehead atoms. The molecule has 0 atom stereocenters. The van der Waals surface area contributed by atoms with E-state index in [1.165, 1.54) is 5.37 Å². The second-order valence-electron chi connectivity index (χ2n) is 3.24. The van der Waals surface area contributed by atoms with E-state index in [2.05, 4.69) is 15.3 Å². The first kappa shape index (κ1) is 11.3. The summed E-state index contributed by atoms with van der Waals surface area (Å²) in [6.45, 7) is 5.85. The van der Waals surface area contributed by atoms with E-state index in [1.807, 2.05) is 13.8 Å². The van der Waals surface area contributed by atoms with Crippen molar-refractivity contribution >= 4 is 35.0 Å². The molecule has 0 unspecified atom stereocenters. The number of nitrogens with one attached hydrogen (secondary N) is 1. The first-order valence-corrected chi connectivity index (χ1v) is 5.15. The number of halogens is 1. The van der Waals surface area contributed by atoms with Gasteiger partial charge in [0, 0.05) is 11.4 Å². The van der Waals surface area contributed by atoms with E-state index in [0.717, 1.165) is 0 Å². The van der Waals surface area contributed by atoms with Crippen LogP contribution in [0, 0.1) is 6.92 Å². The summed E-state index contributed by atoms with van der Waals surface area (Å²) in [4.78, 5) is 8.27. The van der Waals surface area contributed by atoms with Crippen molar-refractivity contribution in [3.05, 3.63) is 16.5 Å². The molecule has 14 heavy (non-hydrogen) atoms. The lowest BCUT2D eigenvalue weighted by atomic mass is 10.3. The van der Waals surface area contributed by atoms with Crippen molar-refractivity contribution in [1.82, 2.24) is 9.97 Å². The largest absolute Gasteiger partial charge is 0.367 e. The highest BCUT2D eigenvalue weighted by Gasteiger charge is 2.09. The molecule has 0 aromatic carbocycles. The van der Waals surface area contributed by atoms with Gasteiger partial charge in [-0.1, -0.05) is 23.8 Å². The maximum Gasteiger partial charge on any atom is 0.142 e. The van der Waals surface area contributed by atoms with Crippen molar-refractivity contribution in [3.63, 3.8) is 0 Å². The Morgan fingerprint density at radius 1 is 1.43 bits per heavy atom. The van der Waals surface area contributed by atoms with Gasteiger partial charge in [-0.2, -0.15) is 0 Å². The smallest absolute Gasteiger partial charge is 0.142 e. The number of thiocarbonyl (C=S) groups is 1. The molecule has 0 aliphatic carbocycles. The second kappa shape index (κ2) is 4.66. The Morgan fingerprint density at radius 3 is 2.57 bits per heavy atom. The van der Waals surface area contributed by atoms with Crippen molar-refractivity contribution in [2.75, 3.05) is 5.32 Å². The number of aromatic nitrogens is 2. The Kier molecular flexibility index (Phi) is 3.77. The molecule has 1 N–H and O–H groups in total. The van der Waals surface area contributed by atoms with E-state index in [0.29, 0.717) is 22.4 Å². The van der Waals surface area contributed by atoms with Crippen molar-refractivity contribution in [2.45, 2.75) is 26.8 Å². The summed E-state index contributed by atoms with van der Waals surface area (Å²) in [6.07, 6.45) is 0. The van der Waals surface area contributed by atoms with Crippen LogP contribution in [-0.4, -0.2) is 21.4 Å². The zero-order chi connectivity index (χ0) is 10.7. The number of hydrogen-bond acceptors (Lipinski definition) is 4. The van der Waals surface area contributed by atoms with E-state index in [1.54, 1.807) is 6.92 Å². The van der Waals surface area contributed by atoms with Gasteiger partial charge in [-0.25, -0.2) is 9.97 Å². The highest BCUT2D eigenvalue weighted by Crippen LogP contribution is 2.19. The number of anilines is 1. The van der Waals surface area contributed by atoms with Crippen LogP contribution < -0.4 is 5.32 Å². The quantitative estimate of drug-likeness (QED) is 0.639. The Hall–Kier alpha value is -0.740. The van der Waals surface area contributed by atoms with Crippen LogP contribution >= 0.6 is 23.8 Å². The van der Waals surface area contributed by atoms with Crippen molar-refractivity contribution in [3.8, 4) is 0 Å². The fraction of sp³-hybridized carbons (Fsp3) is 0.444. The van der Waals surface area contributed by atoms with E-state index < -0.39 is 0 Å². The van der Waals surface area contributed by atoms with Crippen LogP contribution in [0.15, 0.2) is 0 Å². The van der Waals surface area contributed by atoms with Crippen molar-refractivity contribution < 1.29 is 0 Å². The summed E-state index contributed by atoms with van der Waals surface area (Å²) < 4.78 is 0. The van der Waals surface area contributed by atoms with Crippen LogP contribution in [0.4, 0.5) is 5.82 Å². The molecule has 0 aliphatic heterocycles. The van der Waals surface area contributed by atoms with Gasteiger partial charge in [0.2, 0.25) is 0 Å². The predicted molar refractivity (Wildman–Crippen MR) is 63.3 cm³/mol. The number of rotatable bonds is 3. The van der Waals surface area contributed by atoms with Crippen LogP contribution in [0.3, 0.4) is 0 Å². The number of aryl methyl sites for hydroxylation is 1. The van der Waals surface area contributed by atoms with Crippen LogP contribution in [0.1, 0.15) is 25.2 Å². The fourth-order valence-electron chi connectivity index (χ4n) is 1.03. The van der Waals surface area contributed by atoms with E-state index >= 15 is 0 Å². The summed E-state index contributed by atoms with van der Waals surface area (Å²) in [5.41, 5.74) is 0.681. The van der Waals surface area contributed by atoms with E-state index in [4.69, 9.17) is 23.8 Å². The van der Waals surface area contributed by atoms with Gasteiger partial charge in [-0.3, -0.25) is 0 Å². The molecular weight excluding hydrogens is 218 g/mol. The van der Waals surface area contributed by atoms with Crippen molar-refractivity contribution in [2.24, 2.45) is 0 Å². The van der Waals surface area contributed by atoms with Gasteiger partial charge >= 0.3 is 0 Å². The first-order chi connectivity index (χ1) is 6.54. The zero-order valence-electron chi connectivity index (χ0n) is 8.34. The molecule has 1 heterocycles. The van der Waals surface area contributed by atoms with Crippen LogP contribution in [0.25, 0.3) is 0 Å². The lowest BCUT2D eigenvalue weighted by Crippen LogP contribution is -2.14. The Balaban J connectivity index is 3.17. The molecule has 0 radical (unpaired) electrons. The zero-order valence-corrected chi connectivity index (χ0v) is 9.91. The third kappa shape index (κ3) is 2.62. The normalized spacial score (nSPS) is 10.4. The third-order valence-corrected chi connectivity index (χ3v) is 2.08. The summed E-state index contributed by atoms with van der Waals surface area (Å²) in [7, 11) is 0. The highest BCUT2D eigenvalue weighted by atomic mass is 35.5. The molecular formula is C9H12ClN3S. The standard InChI is InChI=1S/C9H12ClN3S/c1-5(2)11-9-7(4-14)8(10)12-6(3)13-9/h4-5H,1-3H3,(H,11,12,13). The molecule has 0 saturated carbocycles. The van der Waals surface area contributed by atoms with Gasteiger partial charge in [0.1, 0.15) is 16.8 Å². The average molecular weight is 230 g/mol. The van der Waals surface area contributed by atoms with Gasteiger partial charge < -0.3 is 5.32 Å². The van der Waals surface area contributed by atoms with Gasteiger partial charge in [0.25, 0.3) is 0 Å². The highest BCUT2D eigenvalue weighted by molar-refractivity contribution is 7.79. The molecule has 76 valence electrons. The minimum Gasteiger partial charge on any atom is -0.367 e. The van der Waals surface area contributed by atoms with Gasteiger partial charge in [-0.05, 0) is 20.8 Å². The Bertz CT molecular complexity index is 352. The van der Waals surface area contributed by atoms with Gasteiger partial charge in [0.05, 0.1) is 5.56 Å². The maximum atomic E-state index is 5.93. The van der Waals surface area contributed by atoms with Gasteiger partial charge in [0.15, 0.2) is 0 Å². The maximum absolute atomic E-state index is 5.93. The molecule has 0 spiro atoms. The summed E-state index contributed by atoms with van der Waals surface area (Å²) >= 11 is 10.8. The molecule has 5 heteroatoms. The molecule has 3 nitrogen and oxygen atoms in total. The number of hydrogen-bond donors (Lipinski definition) is 1. The van der Waals surface area contributed by atoms with E-state index in [9.17, 15) is 0 Å². The summed E-state index contributed by atoms with van der Waals surface area (Å²) in [5.74, 6) is 1.34. The lowest BCUT2D eigenvalue weighted by molar-refractivity contribution is 0.880. The summed E-state index contributed by atoms with van der Waals surface area (Å²) in [6, 6.07) is 0.286. The lowest BCUT2D eigenvalue weighted by Gasteiger charge is -2.12. The minimum absolute atomic E-state index is 0.286. The third-order valence-electron chi connectivity index (χ3n) is 1.55. The van der Waals surface area contributed by atoms with Crippen LogP contribution in [0.2, 0.25) is 5.15 Å². The van der Waals surface area contributed by atoms with Crippen molar-refractivity contribution in [1.29, 1.82) is 0 Å². The topological polar surface area (TPSA) is 37.8 Å².